The fourth-order valence-corrected chi connectivity index (χ4v) is 1.28. The van der Waals surface area contributed by atoms with E-state index in [9.17, 15) is 0 Å². The van der Waals surface area contributed by atoms with Crippen LogP contribution in [0.5, 0.6) is 0 Å². The minimum absolute atomic E-state index is 0.441. The smallest absolute Gasteiger partial charge is 0.129 e. The molecule has 1 aromatic heterocycles. The average Bonchev–Trinajstić information content (AvgIpc) is 2.09. The van der Waals surface area contributed by atoms with E-state index in [4.69, 9.17) is 11.6 Å². The lowest BCUT2D eigenvalue weighted by Gasteiger charge is -2.19. The molecule has 1 rings (SSSR count). The van der Waals surface area contributed by atoms with Crippen molar-refractivity contribution in [2.75, 3.05) is 5.32 Å². The summed E-state index contributed by atoms with van der Waals surface area (Å²) in [7, 11) is 0. The molecule has 0 amide bonds. The van der Waals surface area contributed by atoms with Crippen molar-refractivity contribution in [2.24, 2.45) is 5.92 Å². The van der Waals surface area contributed by atoms with Gasteiger partial charge in [0.15, 0.2) is 0 Å². The fourth-order valence-electron chi connectivity index (χ4n) is 1.09. The van der Waals surface area contributed by atoms with Crippen LogP contribution >= 0.6 is 11.6 Å². The van der Waals surface area contributed by atoms with E-state index >= 15 is 0 Å². The molecule has 3 heteroatoms. The van der Waals surface area contributed by atoms with E-state index in [1.165, 1.54) is 0 Å². The molecule has 0 aliphatic rings. The Balaban J connectivity index is 2.77. The van der Waals surface area contributed by atoms with E-state index in [0.717, 1.165) is 11.4 Å². The number of rotatable bonds is 3. The largest absolute Gasteiger partial charge is 0.381 e. The molecular weight excluding hydrogens is 196 g/mol. The van der Waals surface area contributed by atoms with Crippen molar-refractivity contribution in [1.82, 2.24) is 4.98 Å². The maximum atomic E-state index is 5.78. The van der Waals surface area contributed by atoms with Crippen LogP contribution in [0.3, 0.4) is 0 Å². The number of aromatic nitrogens is 1. The predicted octanol–water partition coefficient (Wildman–Crippen LogP) is 3.50. The van der Waals surface area contributed by atoms with Gasteiger partial charge in [-0.3, -0.25) is 0 Å². The van der Waals surface area contributed by atoms with Crippen molar-refractivity contribution in [3.63, 3.8) is 0 Å². The molecule has 0 saturated heterocycles. The summed E-state index contributed by atoms with van der Waals surface area (Å²) < 4.78 is 0. The van der Waals surface area contributed by atoms with Crippen molar-refractivity contribution in [2.45, 2.75) is 33.7 Å². The molecule has 0 aromatic carbocycles. The van der Waals surface area contributed by atoms with Crippen molar-refractivity contribution in [3.05, 3.63) is 23.0 Å². The standard InChI is InChI=1S/C11H17ClN2/c1-7(2)8(3)13-10-5-6-11(12)14-9(10)4/h5-8,13H,1-4H3. The highest BCUT2D eigenvalue weighted by Gasteiger charge is 2.08. The van der Waals surface area contributed by atoms with Gasteiger partial charge in [-0.05, 0) is 31.9 Å². The number of hydrogen-bond acceptors (Lipinski definition) is 2. The van der Waals surface area contributed by atoms with Gasteiger partial charge in [-0.25, -0.2) is 4.98 Å². The zero-order valence-corrected chi connectivity index (χ0v) is 9.89. The van der Waals surface area contributed by atoms with E-state index in [1.807, 2.05) is 19.1 Å². The van der Waals surface area contributed by atoms with Crippen molar-refractivity contribution in [3.8, 4) is 0 Å². The quantitative estimate of drug-likeness (QED) is 0.776. The second-order valence-electron chi connectivity index (χ2n) is 3.94. The fraction of sp³-hybridized carbons (Fsp3) is 0.545. The molecule has 0 spiro atoms. The average molecular weight is 213 g/mol. The van der Waals surface area contributed by atoms with Crippen LogP contribution < -0.4 is 5.32 Å². The van der Waals surface area contributed by atoms with E-state index in [2.05, 4.69) is 31.1 Å². The van der Waals surface area contributed by atoms with E-state index in [-0.39, 0.29) is 0 Å². The minimum atomic E-state index is 0.441. The van der Waals surface area contributed by atoms with Crippen LogP contribution in [0.25, 0.3) is 0 Å². The Morgan fingerprint density at radius 3 is 2.43 bits per heavy atom. The van der Waals surface area contributed by atoms with Crippen molar-refractivity contribution < 1.29 is 0 Å². The molecule has 0 radical (unpaired) electrons. The maximum Gasteiger partial charge on any atom is 0.129 e. The summed E-state index contributed by atoms with van der Waals surface area (Å²) in [4.78, 5) is 4.19. The summed E-state index contributed by atoms with van der Waals surface area (Å²) in [6.45, 7) is 8.51. The van der Waals surface area contributed by atoms with Gasteiger partial charge in [0, 0.05) is 6.04 Å². The first-order chi connectivity index (χ1) is 6.50. The van der Waals surface area contributed by atoms with E-state index in [1.54, 1.807) is 0 Å². The maximum absolute atomic E-state index is 5.78. The number of nitrogens with zero attached hydrogens (tertiary/aromatic N) is 1. The van der Waals surface area contributed by atoms with Gasteiger partial charge >= 0.3 is 0 Å². The van der Waals surface area contributed by atoms with Crippen molar-refractivity contribution >= 4 is 17.3 Å². The van der Waals surface area contributed by atoms with Crippen LogP contribution in [0.2, 0.25) is 5.15 Å². The summed E-state index contributed by atoms with van der Waals surface area (Å²) in [5.74, 6) is 0.602. The number of nitrogens with one attached hydrogen (secondary N) is 1. The van der Waals surface area contributed by atoms with Crippen LogP contribution in [0.1, 0.15) is 26.5 Å². The van der Waals surface area contributed by atoms with Gasteiger partial charge in [0.25, 0.3) is 0 Å². The normalized spacial score (nSPS) is 13.0. The zero-order chi connectivity index (χ0) is 10.7. The molecule has 1 aromatic rings. The molecule has 1 heterocycles. The molecule has 1 unspecified atom stereocenters. The Hall–Kier alpha value is -0.760. The van der Waals surface area contributed by atoms with Crippen LogP contribution in [0.15, 0.2) is 12.1 Å². The first-order valence-corrected chi connectivity index (χ1v) is 5.28. The van der Waals surface area contributed by atoms with Crippen molar-refractivity contribution in [1.29, 1.82) is 0 Å². The van der Waals surface area contributed by atoms with Gasteiger partial charge in [0.1, 0.15) is 5.15 Å². The third-order valence-electron chi connectivity index (χ3n) is 2.44. The van der Waals surface area contributed by atoms with Crippen LogP contribution in [0.4, 0.5) is 5.69 Å². The molecule has 0 saturated carbocycles. The van der Waals surface area contributed by atoms with Gasteiger partial charge in [-0.15, -0.1) is 0 Å². The molecule has 0 bridgehead atoms. The molecule has 1 N–H and O–H groups in total. The highest BCUT2D eigenvalue weighted by Crippen LogP contribution is 2.18. The lowest BCUT2D eigenvalue weighted by molar-refractivity contribution is 0.559. The molecule has 0 fully saturated rings. The number of anilines is 1. The van der Waals surface area contributed by atoms with Gasteiger partial charge in [0.2, 0.25) is 0 Å². The molecule has 78 valence electrons. The molecule has 0 aliphatic carbocycles. The summed E-state index contributed by atoms with van der Waals surface area (Å²) >= 11 is 5.78. The summed E-state index contributed by atoms with van der Waals surface area (Å²) in [5, 5.41) is 3.96. The summed E-state index contributed by atoms with van der Waals surface area (Å²) in [6.07, 6.45) is 0. The van der Waals surface area contributed by atoms with Gasteiger partial charge in [0.05, 0.1) is 11.4 Å². The first-order valence-electron chi connectivity index (χ1n) is 4.90. The SMILES string of the molecule is Cc1nc(Cl)ccc1NC(C)C(C)C. The molecular formula is C11H17ClN2. The molecule has 14 heavy (non-hydrogen) atoms. The Kier molecular flexibility index (Phi) is 3.76. The van der Waals surface area contributed by atoms with E-state index in [0.29, 0.717) is 17.1 Å². The predicted molar refractivity (Wildman–Crippen MR) is 61.9 cm³/mol. The topological polar surface area (TPSA) is 24.9 Å². The third kappa shape index (κ3) is 2.88. The van der Waals surface area contributed by atoms with Gasteiger partial charge < -0.3 is 5.32 Å². The zero-order valence-electron chi connectivity index (χ0n) is 9.13. The monoisotopic (exact) mass is 212 g/mol. The highest BCUT2D eigenvalue weighted by atomic mass is 35.5. The number of aryl methyl sites for hydroxylation is 1. The Morgan fingerprint density at radius 1 is 1.29 bits per heavy atom. The lowest BCUT2D eigenvalue weighted by Crippen LogP contribution is -2.22. The minimum Gasteiger partial charge on any atom is -0.381 e. The van der Waals surface area contributed by atoms with Crippen LogP contribution in [0, 0.1) is 12.8 Å². The molecule has 0 aliphatic heterocycles. The number of hydrogen-bond donors (Lipinski definition) is 1. The third-order valence-corrected chi connectivity index (χ3v) is 2.65. The number of halogens is 1. The Bertz CT molecular complexity index is 310. The van der Waals surface area contributed by atoms with Crippen LogP contribution in [-0.4, -0.2) is 11.0 Å². The second-order valence-corrected chi connectivity index (χ2v) is 4.33. The van der Waals surface area contributed by atoms with Crippen LogP contribution in [-0.2, 0) is 0 Å². The summed E-state index contributed by atoms with van der Waals surface area (Å²) in [5.41, 5.74) is 2.01. The molecule has 1 atom stereocenters. The van der Waals surface area contributed by atoms with E-state index < -0.39 is 0 Å². The van der Waals surface area contributed by atoms with Gasteiger partial charge in [-0.2, -0.15) is 0 Å². The Morgan fingerprint density at radius 2 is 1.93 bits per heavy atom. The summed E-state index contributed by atoms with van der Waals surface area (Å²) in [6, 6.07) is 4.23. The van der Waals surface area contributed by atoms with Gasteiger partial charge in [-0.1, -0.05) is 25.4 Å². The number of pyridine rings is 1. The lowest BCUT2D eigenvalue weighted by atomic mass is 10.1. The Labute approximate surface area is 90.7 Å². The second kappa shape index (κ2) is 4.65. The molecule has 2 nitrogen and oxygen atoms in total. The highest BCUT2D eigenvalue weighted by molar-refractivity contribution is 6.29. The first kappa shape index (κ1) is 11.3.